The van der Waals surface area contributed by atoms with E-state index in [1.54, 1.807) is 6.20 Å². The van der Waals surface area contributed by atoms with E-state index in [1.165, 1.54) is 0 Å². The third-order valence-corrected chi connectivity index (χ3v) is 1.09. The van der Waals surface area contributed by atoms with Crippen molar-refractivity contribution in [3.8, 4) is 0 Å². The van der Waals surface area contributed by atoms with E-state index in [-0.39, 0.29) is 0 Å². The van der Waals surface area contributed by atoms with E-state index in [0.29, 0.717) is 18.1 Å². The lowest BCUT2D eigenvalue weighted by molar-refractivity contribution is 0.864. The Balaban J connectivity index is 4.00. The molecule has 0 aliphatic rings. The van der Waals surface area contributed by atoms with Crippen molar-refractivity contribution in [2.24, 2.45) is 11.5 Å². The smallest absolute Gasteiger partial charge is 0.0706 e. The van der Waals surface area contributed by atoms with Gasteiger partial charge in [0, 0.05) is 11.9 Å². The summed E-state index contributed by atoms with van der Waals surface area (Å²) in [7, 11) is 0. The highest BCUT2D eigenvalue weighted by Crippen LogP contribution is 1.96. The number of nitrogens with one attached hydrogen (secondary N) is 2. The maximum atomic E-state index is 5.59. The number of nitrogens with two attached hydrogens (primary N) is 2. The van der Waals surface area contributed by atoms with Gasteiger partial charge in [-0.1, -0.05) is 13.2 Å². The number of rotatable bonds is 5. The highest BCUT2D eigenvalue weighted by Gasteiger charge is 1.95. The lowest BCUT2D eigenvalue weighted by atomic mass is 10.3. The molecule has 0 fully saturated rings. The fourth-order valence-electron chi connectivity index (χ4n) is 0.586. The average molecular weight is 168 g/mol. The summed E-state index contributed by atoms with van der Waals surface area (Å²) >= 11 is 0. The van der Waals surface area contributed by atoms with Crippen LogP contribution in [0.3, 0.4) is 0 Å². The van der Waals surface area contributed by atoms with Crippen LogP contribution in [0, 0.1) is 0 Å². The van der Waals surface area contributed by atoms with E-state index >= 15 is 0 Å². The molecule has 0 aromatic carbocycles. The lowest BCUT2D eigenvalue weighted by Crippen LogP contribution is -2.21. The van der Waals surface area contributed by atoms with E-state index in [1.807, 2.05) is 6.92 Å². The van der Waals surface area contributed by atoms with Crippen molar-refractivity contribution in [2.45, 2.75) is 6.92 Å². The van der Waals surface area contributed by atoms with Gasteiger partial charge in [-0.2, -0.15) is 0 Å². The summed E-state index contributed by atoms with van der Waals surface area (Å²) < 4.78 is 0. The van der Waals surface area contributed by atoms with Gasteiger partial charge in [-0.3, -0.25) is 0 Å². The lowest BCUT2D eigenvalue weighted by Gasteiger charge is -2.08. The predicted octanol–water partition coefficient (Wildman–Crippen LogP) is -0.0708. The zero-order valence-electron chi connectivity index (χ0n) is 7.35. The highest BCUT2D eigenvalue weighted by molar-refractivity contribution is 5.25. The molecule has 0 atom stereocenters. The molecule has 0 rings (SSSR count). The highest BCUT2D eigenvalue weighted by atomic mass is 15.0. The van der Waals surface area contributed by atoms with E-state index < -0.39 is 0 Å². The molecule has 4 heteroatoms. The minimum atomic E-state index is 0.348. The molecule has 4 nitrogen and oxygen atoms in total. The average Bonchev–Trinajstić information content (AvgIpc) is 1.98. The van der Waals surface area contributed by atoms with Gasteiger partial charge in [-0.05, 0) is 6.92 Å². The molecule has 0 heterocycles. The van der Waals surface area contributed by atoms with Gasteiger partial charge in [0.15, 0.2) is 0 Å². The normalized spacial score (nSPS) is 10.7. The molecule has 68 valence electrons. The van der Waals surface area contributed by atoms with Crippen LogP contribution in [0.4, 0.5) is 0 Å². The van der Waals surface area contributed by atoms with Gasteiger partial charge in [-0.25, -0.2) is 0 Å². The van der Waals surface area contributed by atoms with E-state index in [9.17, 15) is 0 Å². The van der Waals surface area contributed by atoms with Gasteiger partial charge < -0.3 is 22.1 Å². The molecule has 0 aliphatic carbocycles. The SMILES string of the molecule is C=C(C)NC(=C)/C(N)=C\NCN. The van der Waals surface area contributed by atoms with Crippen molar-refractivity contribution in [3.05, 3.63) is 36.4 Å². The first-order chi connectivity index (χ1) is 5.57. The van der Waals surface area contributed by atoms with Crippen LogP contribution in [-0.2, 0) is 0 Å². The zero-order valence-corrected chi connectivity index (χ0v) is 7.35. The molecule has 0 radical (unpaired) electrons. The molecule has 6 N–H and O–H groups in total. The Morgan fingerprint density at radius 3 is 2.50 bits per heavy atom. The van der Waals surface area contributed by atoms with Gasteiger partial charge in [0.1, 0.15) is 0 Å². The second-order valence-corrected chi connectivity index (χ2v) is 2.39. The molecular weight excluding hydrogens is 152 g/mol. The summed E-state index contributed by atoms with van der Waals surface area (Å²) in [6.45, 7) is 9.54. The molecule has 0 amide bonds. The summed E-state index contributed by atoms with van der Waals surface area (Å²) in [6, 6.07) is 0. The van der Waals surface area contributed by atoms with Crippen molar-refractivity contribution in [1.29, 1.82) is 0 Å². The topological polar surface area (TPSA) is 76.1 Å². The molecule has 0 aromatic rings. The molecule has 12 heavy (non-hydrogen) atoms. The van der Waals surface area contributed by atoms with Crippen molar-refractivity contribution < 1.29 is 0 Å². The summed E-state index contributed by atoms with van der Waals surface area (Å²) in [6.07, 6.45) is 1.60. The maximum absolute atomic E-state index is 5.59. The van der Waals surface area contributed by atoms with Crippen molar-refractivity contribution in [1.82, 2.24) is 10.6 Å². The largest absolute Gasteiger partial charge is 0.396 e. The summed E-state index contributed by atoms with van der Waals surface area (Å²) in [5, 5.41) is 5.65. The molecule has 0 saturated heterocycles. The summed E-state index contributed by atoms with van der Waals surface area (Å²) in [5.74, 6) is 0. The van der Waals surface area contributed by atoms with Crippen molar-refractivity contribution in [2.75, 3.05) is 6.67 Å². The second kappa shape index (κ2) is 5.26. The Morgan fingerprint density at radius 2 is 2.08 bits per heavy atom. The molecule has 0 aliphatic heterocycles. The Labute approximate surface area is 73.0 Å². The van der Waals surface area contributed by atoms with Crippen LogP contribution < -0.4 is 22.1 Å². The maximum Gasteiger partial charge on any atom is 0.0706 e. The summed E-state index contributed by atoms with van der Waals surface area (Å²) in [5.41, 5.74) is 12.7. The van der Waals surface area contributed by atoms with E-state index in [2.05, 4.69) is 23.8 Å². The molecule has 0 unspecified atom stereocenters. The number of hydrogen-bond acceptors (Lipinski definition) is 4. The fraction of sp³-hybridized carbons (Fsp3) is 0.250. The van der Waals surface area contributed by atoms with Crippen LogP contribution in [0.1, 0.15) is 6.92 Å². The van der Waals surface area contributed by atoms with Gasteiger partial charge in [0.2, 0.25) is 0 Å². The zero-order chi connectivity index (χ0) is 9.56. The van der Waals surface area contributed by atoms with Crippen molar-refractivity contribution in [3.63, 3.8) is 0 Å². The van der Waals surface area contributed by atoms with E-state index in [4.69, 9.17) is 11.5 Å². The van der Waals surface area contributed by atoms with Crippen LogP contribution in [0.15, 0.2) is 36.4 Å². The Hall–Kier alpha value is -1.42. The Kier molecular flexibility index (Phi) is 4.64. The standard InChI is InChI=1S/C8H16N4/c1-6(2)12-7(3)8(10)4-11-5-9/h4,11-12H,1,3,5,9-10H2,2H3/b8-4+. The van der Waals surface area contributed by atoms with Gasteiger partial charge in [0.25, 0.3) is 0 Å². The van der Waals surface area contributed by atoms with Crippen LogP contribution in [0.25, 0.3) is 0 Å². The first kappa shape index (κ1) is 10.6. The second-order valence-electron chi connectivity index (χ2n) is 2.39. The van der Waals surface area contributed by atoms with Crippen LogP contribution in [0.2, 0.25) is 0 Å². The monoisotopic (exact) mass is 168 g/mol. The Morgan fingerprint density at radius 1 is 1.50 bits per heavy atom. The van der Waals surface area contributed by atoms with Gasteiger partial charge >= 0.3 is 0 Å². The summed E-state index contributed by atoms with van der Waals surface area (Å²) in [4.78, 5) is 0. The van der Waals surface area contributed by atoms with Crippen molar-refractivity contribution >= 4 is 0 Å². The quantitative estimate of drug-likeness (QED) is 0.342. The third kappa shape index (κ3) is 4.40. The number of hydrogen-bond donors (Lipinski definition) is 4. The Bertz CT molecular complexity index is 205. The van der Waals surface area contributed by atoms with Crippen LogP contribution in [-0.4, -0.2) is 6.67 Å². The van der Waals surface area contributed by atoms with Gasteiger partial charge in [-0.15, -0.1) is 0 Å². The molecular formula is C8H16N4. The first-order valence-corrected chi connectivity index (χ1v) is 3.58. The minimum absolute atomic E-state index is 0.348. The van der Waals surface area contributed by atoms with Crippen LogP contribution in [0.5, 0.6) is 0 Å². The third-order valence-electron chi connectivity index (χ3n) is 1.09. The molecule has 0 aromatic heterocycles. The van der Waals surface area contributed by atoms with Gasteiger partial charge in [0.05, 0.1) is 18.1 Å². The van der Waals surface area contributed by atoms with Crippen LogP contribution >= 0.6 is 0 Å². The first-order valence-electron chi connectivity index (χ1n) is 3.58. The molecule has 0 bridgehead atoms. The van der Waals surface area contributed by atoms with E-state index in [0.717, 1.165) is 5.70 Å². The predicted molar refractivity (Wildman–Crippen MR) is 51.6 cm³/mol. The number of allylic oxidation sites excluding steroid dienone is 1. The molecule has 0 saturated carbocycles. The minimum Gasteiger partial charge on any atom is -0.396 e. The fourth-order valence-corrected chi connectivity index (χ4v) is 0.586. The molecule has 0 spiro atoms.